The number of aryl methyl sites for hydroxylation is 1. The van der Waals surface area contributed by atoms with E-state index in [1.54, 1.807) is 18.2 Å². The van der Waals surface area contributed by atoms with Crippen LogP contribution in [0.3, 0.4) is 0 Å². The van der Waals surface area contributed by atoms with Crippen molar-refractivity contribution >= 4 is 23.8 Å². The van der Waals surface area contributed by atoms with Gasteiger partial charge >= 0.3 is 11.9 Å². The van der Waals surface area contributed by atoms with E-state index in [1.807, 2.05) is 20.9 Å². The van der Waals surface area contributed by atoms with Crippen LogP contribution in [-0.2, 0) is 34.1 Å². The van der Waals surface area contributed by atoms with Crippen LogP contribution in [0.15, 0.2) is 24.0 Å². The molecule has 0 unspecified atom stereocenters. The molecule has 1 fully saturated rings. The van der Waals surface area contributed by atoms with Gasteiger partial charge in [-0.25, -0.2) is 4.79 Å². The number of esters is 2. The molecule has 1 aromatic carbocycles. The number of unbranched alkanes of at least 4 members (excludes halogenated alkanes) is 1. The molecule has 0 radical (unpaired) electrons. The van der Waals surface area contributed by atoms with Gasteiger partial charge in [-0.15, -0.1) is 0 Å². The molecule has 6 N–H and O–H groups in total. The average Bonchev–Trinajstić information content (AvgIpc) is 3.36. The third kappa shape index (κ3) is 6.52. The van der Waals surface area contributed by atoms with Crippen molar-refractivity contribution in [3.8, 4) is 11.5 Å². The fourth-order valence-electron chi connectivity index (χ4n) is 6.93. The molecule has 45 heavy (non-hydrogen) atoms. The first kappa shape index (κ1) is 34.2. The molecule has 1 spiro atoms. The lowest BCUT2D eigenvalue weighted by atomic mass is 9.54. The fraction of sp³-hybridized carbons (Fsp3) is 0.625. The van der Waals surface area contributed by atoms with Crippen molar-refractivity contribution in [2.24, 2.45) is 5.73 Å². The highest BCUT2D eigenvalue weighted by atomic mass is 16.6. The predicted molar refractivity (Wildman–Crippen MR) is 163 cm³/mol. The maximum Gasteiger partial charge on any atom is 0.352 e. The lowest BCUT2D eigenvalue weighted by molar-refractivity contribution is -0.171. The van der Waals surface area contributed by atoms with Crippen LogP contribution in [0.25, 0.3) is 0 Å². The van der Waals surface area contributed by atoms with Crippen LogP contribution in [0.4, 0.5) is 0 Å². The third-order valence-electron chi connectivity index (χ3n) is 9.46. The number of aromatic hydroxyl groups is 1. The molecular weight excluding hydrogens is 584 g/mol. The van der Waals surface area contributed by atoms with Crippen molar-refractivity contribution in [1.82, 2.24) is 15.5 Å². The van der Waals surface area contributed by atoms with Crippen LogP contribution in [0.2, 0.25) is 0 Å². The number of likely N-dealkylation sites (N-methyl/N-ethyl adjacent to an activating group) is 1. The predicted octanol–water partition coefficient (Wildman–Crippen LogP) is 1.06. The molecule has 0 saturated carbocycles. The molecule has 1 aromatic rings. The molecule has 2 aliphatic heterocycles. The number of aliphatic hydroxyl groups is 1. The quantitative estimate of drug-likeness (QED) is 0.164. The van der Waals surface area contributed by atoms with Crippen molar-refractivity contribution in [1.29, 1.82) is 0 Å². The minimum atomic E-state index is -1.28. The second-order valence-corrected chi connectivity index (χ2v) is 12.3. The van der Waals surface area contributed by atoms with E-state index in [0.717, 1.165) is 5.56 Å². The summed E-state index contributed by atoms with van der Waals surface area (Å²) in [5.41, 5.74) is 4.80. The van der Waals surface area contributed by atoms with Gasteiger partial charge in [-0.1, -0.05) is 6.07 Å². The number of hydrogen-bond donors (Lipinski definition) is 5. The second kappa shape index (κ2) is 13.8. The highest BCUT2D eigenvalue weighted by Gasteiger charge is 2.69. The zero-order valence-electron chi connectivity index (χ0n) is 26.7. The monoisotopic (exact) mass is 630 g/mol. The molecule has 0 bridgehead atoms. The van der Waals surface area contributed by atoms with Gasteiger partial charge in [0.25, 0.3) is 0 Å². The summed E-state index contributed by atoms with van der Waals surface area (Å²) in [7, 11) is 1.95. The molecule has 1 saturated heterocycles. The lowest BCUT2D eigenvalue weighted by Crippen LogP contribution is -2.71. The summed E-state index contributed by atoms with van der Waals surface area (Å²) in [6.45, 7) is 7.62. The van der Waals surface area contributed by atoms with Gasteiger partial charge in [-0.3, -0.25) is 14.4 Å². The molecule has 13 nitrogen and oxygen atoms in total. The van der Waals surface area contributed by atoms with Crippen LogP contribution >= 0.6 is 0 Å². The van der Waals surface area contributed by atoms with Gasteiger partial charge < -0.3 is 45.7 Å². The minimum Gasteiger partial charge on any atom is -0.504 e. The van der Waals surface area contributed by atoms with Crippen LogP contribution in [0.1, 0.15) is 70.4 Å². The maximum absolute atomic E-state index is 13.2. The first-order valence-electron chi connectivity index (χ1n) is 15.5. The van der Waals surface area contributed by atoms with Gasteiger partial charge in [-0.2, -0.15) is 0 Å². The topological polar surface area (TPSA) is 190 Å². The highest BCUT2D eigenvalue weighted by Crippen LogP contribution is 2.62. The number of nitrogens with zero attached hydrogens (tertiary/aromatic N) is 1. The van der Waals surface area contributed by atoms with Gasteiger partial charge in [0, 0.05) is 31.5 Å². The van der Waals surface area contributed by atoms with E-state index in [1.165, 1.54) is 13.8 Å². The van der Waals surface area contributed by atoms with E-state index in [2.05, 4.69) is 15.5 Å². The summed E-state index contributed by atoms with van der Waals surface area (Å²) in [4.78, 5) is 51.8. The number of benzene rings is 1. The Morgan fingerprint density at radius 1 is 1.24 bits per heavy atom. The van der Waals surface area contributed by atoms with Crippen LogP contribution in [0, 0.1) is 6.92 Å². The van der Waals surface area contributed by atoms with Crippen molar-refractivity contribution in [2.75, 3.05) is 26.7 Å². The maximum atomic E-state index is 13.2. The van der Waals surface area contributed by atoms with Crippen molar-refractivity contribution in [3.63, 3.8) is 0 Å². The Morgan fingerprint density at radius 3 is 2.67 bits per heavy atom. The summed E-state index contributed by atoms with van der Waals surface area (Å²) < 4.78 is 17.4. The molecule has 0 aromatic heterocycles. The Hall–Kier alpha value is -3.68. The Labute approximate surface area is 263 Å². The smallest absolute Gasteiger partial charge is 0.352 e. The largest absolute Gasteiger partial charge is 0.504 e. The zero-order valence-corrected chi connectivity index (χ0v) is 26.7. The van der Waals surface area contributed by atoms with Crippen molar-refractivity contribution < 1.29 is 43.6 Å². The second-order valence-electron chi connectivity index (χ2n) is 12.3. The number of amides is 2. The minimum absolute atomic E-state index is 0.0533. The lowest BCUT2D eigenvalue weighted by Gasteiger charge is -2.58. The van der Waals surface area contributed by atoms with Gasteiger partial charge in [-0.05, 0) is 84.3 Å². The number of fused-ring (bicyclic) bond motifs is 1. The summed E-state index contributed by atoms with van der Waals surface area (Å²) in [5.74, 6) is -1.94. The number of nitrogens with two attached hydrogens (primary N) is 1. The summed E-state index contributed by atoms with van der Waals surface area (Å²) >= 11 is 0. The number of phenolic OH excluding ortho intramolecular Hbond substituents is 1. The Balaban J connectivity index is 1.40. The first-order valence-corrected chi connectivity index (χ1v) is 15.5. The summed E-state index contributed by atoms with van der Waals surface area (Å²) in [6.07, 6.45) is 1.71. The number of rotatable bonds is 12. The molecule has 248 valence electrons. The van der Waals surface area contributed by atoms with Crippen molar-refractivity contribution in [3.05, 3.63) is 35.1 Å². The SMILES string of the molecule is CC(=O)N[C@@H](CCCCN)C(=O)NCCC(=O)O[C@@H](C)C(=O)OC1=CC[C@@]2(O)[C@@H](C)N(C)CC[C@@]23c2c(C)ccc(O)c2O[C@@H]13. The number of likely N-dealkylation sites (tertiary alicyclic amines) is 1. The standard InChI is InChI=1S/C32H46N4O9/c1-18-9-10-23(38)27-26(18)31-14-17-36(5)20(3)32(31,42)13-11-24(28(31)45-27)44-30(41)19(2)43-25(39)12-16-34-29(40)22(35-21(4)37)8-6-7-15-33/h9-11,19-20,22,28,38,42H,6-8,12-17,33H2,1-5H3,(H,34,40)(H,35,37)/t19-,20+,22-,28-,31-,32+/m0/s1. The number of phenols is 1. The first-order chi connectivity index (χ1) is 21.3. The highest BCUT2D eigenvalue weighted by molar-refractivity contribution is 5.87. The Morgan fingerprint density at radius 2 is 1.98 bits per heavy atom. The number of ether oxygens (including phenoxy) is 3. The summed E-state index contributed by atoms with van der Waals surface area (Å²) in [5, 5.41) is 28.2. The Kier molecular flexibility index (Phi) is 10.5. The van der Waals surface area contributed by atoms with Crippen molar-refractivity contribution in [2.45, 2.75) is 102 Å². The van der Waals surface area contributed by atoms with E-state index in [-0.39, 0.29) is 48.6 Å². The van der Waals surface area contributed by atoms with Gasteiger partial charge in [0.2, 0.25) is 11.8 Å². The van der Waals surface area contributed by atoms with E-state index in [4.69, 9.17) is 19.9 Å². The summed E-state index contributed by atoms with van der Waals surface area (Å²) in [6, 6.07) is 2.32. The molecule has 4 rings (SSSR count). The molecular formula is C32H46N4O9. The molecule has 1 aliphatic carbocycles. The van der Waals surface area contributed by atoms with E-state index in [0.29, 0.717) is 44.3 Å². The number of carbonyl (C=O) groups excluding carboxylic acids is 4. The van der Waals surface area contributed by atoms with E-state index >= 15 is 0 Å². The number of hydrogen-bond acceptors (Lipinski definition) is 11. The molecule has 2 heterocycles. The number of piperidine rings is 1. The normalized spacial score (nSPS) is 26.6. The molecule has 3 aliphatic rings. The molecule has 2 amide bonds. The van der Waals surface area contributed by atoms with Gasteiger partial charge in [0.15, 0.2) is 23.7 Å². The third-order valence-corrected chi connectivity index (χ3v) is 9.46. The fourth-order valence-corrected chi connectivity index (χ4v) is 6.93. The van der Waals surface area contributed by atoms with Crippen LogP contribution in [-0.4, -0.2) is 95.4 Å². The van der Waals surface area contributed by atoms with Crippen LogP contribution < -0.4 is 21.1 Å². The average molecular weight is 631 g/mol. The Bertz CT molecular complexity index is 1350. The van der Waals surface area contributed by atoms with Gasteiger partial charge in [0.05, 0.1) is 17.4 Å². The number of carbonyl (C=O) groups is 4. The zero-order chi connectivity index (χ0) is 33.1. The van der Waals surface area contributed by atoms with Crippen LogP contribution in [0.5, 0.6) is 11.5 Å². The number of nitrogens with one attached hydrogen (secondary N) is 2. The van der Waals surface area contributed by atoms with Gasteiger partial charge in [0.1, 0.15) is 11.8 Å². The van der Waals surface area contributed by atoms with E-state index < -0.39 is 47.1 Å². The van der Waals surface area contributed by atoms with E-state index in [9.17, 15) is 29.4 Å². The molecule has 6 atom stereocenters. The molecule has 13 heteroatoms.